The molecule has 3 heterocycles. The van der Waals surface area contributed by atoms with Gasteiger partial charge in [0.25, 0.3) is 5.91 Å². The molecule has 2 fully saturated rings. The minimum absolute atomic E-state index is 0.169. The highest BCUT2D eigenvalue weighted by molar-refractivity contribution is 6.04. The van der Waals surface area contributed by atoms with Crippen LogP contribution in [0.15, 0.2) is 18.2 Å². The first-order valence-corrected chi connectivity index (χ1v) is 8.00. The van der Waals surface area contributed by atoms with Crippen LogP contribution >= 0.6 is 0 Å². The summed E-state index contributed by atoms with van der Waals surface area (Å²) in [6, 6.07) is 4.14. The number of hydrogen-bond donors (Lipinski definition) is 0. The Balaban J connectivity index is 1.68. The van der Waals surface area contributed by atoms with Gasteiger partial charge in [0.15, 0.2) is 5.82 Å². The van der Waals surface area contributed by atoms with E-state index >= 15 is 0 Å². The van der Waals surface area contributed by atoms with E-state index in [-0.39, 0.29) is 17.8 Å². The number of halogens is 1. The lowest BCUT2D eigenvalue weighted by molar-refractivity contribution is -0.128. The third kappa shape index (κ3) is 1.92. The zero-order valence-corrected chi connectivity index (χ0v) is 13.6. The third-order valence-corrected chi connectivity index (χ3v) is 4.85. The molecular weight excluding hydrogens is 313 g/mol. The fourth-order valence-corrected chi connectivity index (χ4v) is 3.58. The molecule has 7 nitrogen and oxygen atoms in total. The van der Waals surface area contributed by atoms with Crippen LogP contribution in [-0.4, -0.2) is 63.5 Å². The molecule has 2 aliphatic heterocycles. The summed E-state index contributed by atoms with van der Waals surface area (Å²) in [6.07, 6.45) is 0. The Bertz CT molecular complexity index is 848. The Morgan fingerprint density at radius 1 is 1.29 bits per heavy atom. The van der Waals surface area contributed by atoms with Gasteiger partial charge in [-0.2, -0.15) is 0 Å². The van der Waals surface area contributed by atoms with Crippen molar-refractivity contribution in [2.75, 3.05) is 31.1 Å². The van der Waals surface area contributed by atoms with E-state index in [0.717, 1.165) is 0 Å². The number of likely N-dealkylation sites (N-methyl/N-ethyl adjacent to an activating group) is 1. The molecule has 3 amide bonds. The summed E-state index contributed by atoms with van der Waals surface area (Å²) in [6.45, 7) is 3.56. The topological polar surface area (TPSA) is 61.7 Å². The average Bonchev–Trinajstić information content (AvgIpc) is 3.04. The minimum Gasteiger partial charge on any atom is -0.338 e. The van der Waals surface area contributed by atoms with Crippen LogP contribution in [0.3, 0.4) is 0 Å². The summed E-state index contributed by atoms with van der Waals surface area (Å²) >= 11 is 0. The average molecular weight is 331 g/mol. The van der Waals surface area contributed by atoms with Crippen LogP contribution in [0, 0.1) is 5.82 Å². The maximum atomic E-state index is 14.0. The van der Waals surface area contributed by atoms with E-state index in [9.17, 15) is 14.0 Å². The van der Waals surface area contributed by atoms with Gasteiger partial charge in [-0.05, 0) is 19.1 Å². The number of amides is 3. The fraction of sp³-hybridized carbons (Fsp3) is 0.438. The summed E-state index contributed by atoms with van der Waals surface area (Å²) in [4.78, 5) is 33.9. The molecule has 126 valence electrons. The van der Waals surface area contributed by atoms with Crippen LogP contribution in [-0.2, 0) is 11.8 Å². The van der Waals surface area contributed by atoms with E-state index in [2.05, 4.69) is 4.98 Å². The predicted octanol–water partition coefficient (Wildman–Crippen LogP) is 1.19. The first-order chi connectivity index (χ1) is 11.5. The van der Waals surface area contributed by atoms with Crippen LogP contribution in [0.25, 0.3) is 11.0 Å². The van der Waals surface area contributed by atoms with Gasteiger partial charge in [-0.15, -0.1) is 0 Å². The minimum atomic E-state index is -0.490. The number of piperazine rings is 1. The van der Waals surface area contributed by atoms with Crippen LogP contribution in [0.2, 0.25) is 0 Å². The number of para-hydroxylation sites is 1. The van der Waals surface area contributed by atoms with E-state index in [1.807, 2.05) is 22.6 Å². The van der Waals surface area contributed by atoms with E-state index in [1.165, 1.54) is 11.0 Å². The maximum absolute atomic E-state index is 14.0. The van der Waals surface area contributed by atoms with Gasteiger partial charge < -0.3 is 14.4 Å². The third-order valence-electron chi connectivity index (χ3n) is 4.85. The normalized spacial score (nSPS) is 21.1. The molecule has 0 saturated carbocycles. The largest absolute Gasteiger partial charge is 0.338 e. The second-order valence-corrected chi connectivity index (χ2v) is 6.10. The van der Waals surface area contributed by atoms with Crippen molar-refractivity contribution in [3.63, 3.8) is 0 Å². The SMILES string of the molecule is CCN1C(=O)C2CN(c3nc4c(F)cccc4n3C)CCN2C1=O. The number of carbonyl (C=O) groups excluding carboxylic acids is 2. The van der Waals surface area contributed by atoms with E-state index in [4.69, 9.17) is 0 Å². The zero-order valence-electron chi connectivity index (χ0n) is 13.6. The number of anilines is 1. The number of benzene rings is 1. The number of nitrogens with zero attached hydrogens (tertiary/aromatic N) is 5. The van der Waals surface area contributed by atoms with Crippen LogP contribution in [0.5, 0.6) is 0 Å². The highest BCUT2D eigenvalue weighted by Crippen LogP contribution is 2.28. The van der Waals surface area contributed by atoms with Crippen molar-refractivity contribution in [1.82, 2.24) is 19.4 Å². The molecule has 0 radical (unpaired) electrons. The standard InChI is InChI=1S/C16H18FN5O2/c1-3-21-14(23)12-9-20(7-8-22(12)16(21)24)15-18-13-10(17)5-4-6-11(13)19(15)2/h4-6,12H,3,7-9H2,1-2H3. The van der Waals surface area contributed by atoms with Crippen LogP contribution in [0.4, 0.5) is 15.1 Å². The molecule has 2 aliphatic rings. The first kappa shape index (κ1) is 14.9. The van der Waals surface area contributed by atoms with E-state index in [1.54, 1.807) is 17.9 Å². The Hall–Kier alpha value is -2.64. The van der Waals surface area contributed by atoms with E-state index in [0.29, 0.717) is 43.2 Å². The van der Waals surface area contributed by atoms with Gasteiger partial charge in [0.05, 0.1) is 12.1 Å². The van der Waals surface area contributed by atoms with Gasteiger partial charge in [-0.3, -0.25) is 9.69 Å². The summed E-state index contributed by atoms with van der Waals surface area (Å²) in [5.41, 5.74) is 1.03. The number of urea groups is 1. The molecule has 2 saturated heterocycles. The molecule has 24 heavy (non-hydrogen) atoms. The molecule has 2 aromatic rings. The van der Waals surface area contributed by atoms with Crippen LogP contribution in [0.1, 0.15) is 6.92 Å². The number of aromatic nitrogens is 2. The lowest BCUT2D eigenvalue weighted by Gasteiger charge is -2.35. The number of fused-ring (bicyclic) bond motifs is 2. The van der Waals surface area contributed by atoms with Crippen molar-refractivity contribution in [1.29, 1.82) is 0 Å². The van der Waals surface area contributed by atoms with Crippen molar-refractivity contribution in [2.24, 2.45) is 7.05 Å². The Kier molecular flexibility index (Phi) is 3.22. The summed E-state index contributed by atoms with van der Waals surface area (Å²) in [5, 5.41) is 0. The molecule has 0 N–H and O–H groups in total. The Labute approximate surface area is 138 Å². The van der Waals surface area contributed by atoms with Gasteiger partial charge in [0.1, 0.15) is 11.6 Å². The number of rotatable bonds is 2. The predicted molar refractivity (Wildman–Crippen MR) is 86.2 cm³/mol. The maximum Gasteiger partial charge on any atom is 0.327 e. The van der Waals surface area contributed by atoms with Crippen molar-refractivity contribution < 1.29 is 14.0 Å². The monoisotopic (exact) mass is 331 g/mol. The number of carbonyl (C=O) groups is 2. The fourth-order valence-electron chi connectivity index (χ4n) is 3.58. The number of aryl methyl sites for hydroxylation is 1. The first-order valence-electron chi connectivity index (χ1n) is 8.00. The number of imidazole rings is 1. The lowest BCUT2D eigenvalue weighted by Crippen LogP contribution is -2.53. The van der Waals surface area contributed by atoms with Gasteiger partial charge in [0, 0.05) is 26.7 Å². The lowest BCUT2D eigenvalue weighted by atomic mass is 10.2. The Morgan fingerprint density at radius 3 is 2.79 bits per heavy atom. The second kappa shape index (κ2) is 5.19. The highest BCUT2D eigenvalue weighted by atomic mass is 19.1. The van der Waals surface area contributed by atoms with Crippen LogP contribution < -0.4 is 4.90 Å². The quantitative estimate of drug-likeness (QED) is 0.776. The number of hydrogen-bond acceptors (Lipinski definition) is 4. The van der Waals surface area contributed by atoms with Crippen molar-refractivity contribution in [2.45, 2.75) is 13.0 Å². The van der Waals surface area contributed by atoms with Crippen molar-refractivity contribution >= 4 is 28.9 Å². The molecule has 0 bridgehead atoms. The zero-order chi connectivity index (χ0) is 17.0. The smallest absolute Gasteiger partial charge is 0.327 e. The summed E-state index contributed by atoms with van der Waals surface area (Å²) in [7, 11) is 1.83. The molecule has 8 heteroatoms. The van der Waals surface area contributed by atoms with E-state index < -0.39 is 6.04 Å². The van der Waals surface area contributed by atoms with Crippen molar-refractivity contribution in [3.8, 4) is 0 Å². The summed E-state index contributed by atoms with van der Waals surface area (Å²) < 4.78 is 15.8. The molecule has 4 rings (SSSR count). The van der Waals surface area contributed by atoms with Gasteiger partial charge in [-0.1, -0.05) is 6.07 Å². The Morgan fingerprint density at radius 2 is 2.08 bits per heavy atom. The summed E-state index contributed by atoms with van der Waals surface area (Å²) in [5.74, 6) is 0.0827. The molecule has 1 aromatic heterocycles. The van der Waals surface area contributed by atoms with Gasteiger partial charge in [0.2, 0.25) is 5.95 Å². The molecule has 1 aromatic carbocycles. The van der Waals surface area contributed by atoms with Gasteiger partial charge in [-0.25, -0.2) is 14.2 Å². The number of imide groups is 1. The molecule has 1 atom stereocenters. The van der Waals surface area contributed by atoms with Crippen molar-refractivity contribution in [3.05, 3.63) is 24.0 Å². The second-order valence-electron chi connectivity index (χ2n) is 6.10. The molecule has 0 aliphatic carbocycles. The highest BCUT2D eigenvalue weighted by Gasteiger charge is 2.47. The molecule has 0 spiro atoms. The van der Waals surface area contributed by atoms with Gasteiger partial charge >= 0.3 is 6.03 Å². The molecular formula is C16H18FN5O2. The molecule has 1 unspecified atom stereocenters.